The number of hydrogen-bond donors (Lipinski definition) is 0. The van der Waals surface area contributed by atoms with E-state index in [-0.39, 0.29) is 12.7 Å². The zero-order valence-corrected chi connectivity index (χ0v) is 12.6. The van der Waals surface area contributed by atoms with E-state index >= 15 is 0 Å². The molecular weight excluding hydrogens is 303 g/mol. The Balaban J connectivity index is 1.74. The Morgan fingerprint density at radius 1 is 1.22 bits per heavy atom. The molecule has 1 aromatic rings. The number of halogens is 3. The summed E-state index contributed by atoms with van der Waals surface area (Å²) in [6, 6.07) is 5.19. The van der Waals surface area contributed by atoms with Crippen molar-refractivity contribution in [2.75, 3.05) is 0 Å². The molecule has 0 bridgehead atoms. The van der Waals surface area contributed by atoms with Gasteiger partial charge in [-0.2, -0.15) is 9.65 Å². The van der Waals surface area contributed by atoms with Crippen LogP contribution in [-0.4, -0.2) is 6.10 Å². The van der Waals surface area contributed by atoms with Gasteiger partial charge in [-0.05, 0) is 55.4 Å². The lowest BCUT2D eigenvalue weighted by atomic mass is 9.87. The Morgan fingerprint density at radius 3 is 2.61 bits per heavy atom. The summed E-state index contributed by atoms with van der Waals surface area (Å²) in [6.07, 6.45) is 8.30. The van der Waals surface area contributed by atoms with E-state index in [2.05, 4.69) is 0 Å². The summed E-state index contributed by atoms with van der Waals surface area (Å²) < 4.78 is 44.3. The Labute approximate surface area is 133 Å². The van der Waals surface area contributed by atoms with Crippen molar-refractivity contribution in [2.45, 2.75) is 38.4 Å². The fraction of sp³-hybridized carbons (Fsp3) is 0.389. The van der Waals surface area contributed by atoms with Crippen molar-refractivity contribution in [1.82, 2.24) is 0 Å². The molecule has 0 saturated heterocycles. The average Bonchev–Trinajstić information content (AvgIpc) is 2.57. The fourth-order valence-electron chi connectivity index (χ4n) is 2.63. The number of allylic oxidation sites excluding steroid dienone is 4. The summed E-state index contributed by atoms with van der Waals surface area (Å²) in [4.78, 5) is 0. The van der Waals surface area contributed by atoms with Crippen molar-refractivity contribution in [2.24, 2.45) is 5.92 Å². The second kappa shape index (κ2) is 8.54. The second-order valence-electron chi connectivity index (χ2n) is 5.61. The van der Waals surface area contributed by atoms with Crippen LogP contribution in [-0.2, 0) is 11.3 Å². The van der Waals surface area contributed by atoms with E-state index in [1.54, 1.807) is 6.08 Å². The van der Waals surface area contributed by atoms with Gasteiger partial charge < -0.3 is 4.74 Å². The van der Waals surface area contributed by atoms with Gasteiger partial charge in [-0.1, -0.05) is 18.2 Å². The first-order valence-electron chi connectivity index (χ1n) is 7.58. The third kappa shape index (κ3) is 5.57. The highest BCUT2D eigenvalue weighted by molar-refractivity contribution is 5.19. The molecule has 0 spiro atoms. The molecule has 0 amide bonds. The molecule has 0 radical (unpaired) electrons. The lowest BCUT2D eigenvalue weighted by molar-refractivity contribution is 0.0109. The Morgan fingerprint density at radius 2 is 1.96 bits per heavy atom. The minimum Gasteiger partial charge on any atom is -0.374 e. The molecule has 0 atom stereocenters. The van der Waals surface area contributed by atoms with Crippen LogP contribution >= 0.6 is 0 Å². The van der Waals surface area contributed by atoms with Crippen molar-refractivity contribution in [1.29, 1.82) is 5.26 Å². The highest BCUT2D eigenvalue weighted by atomic mass is 19.2. The number of hydrogen-bond acceptors (Lipinski definition) is 2. The van der Waals surface area contributed by atoms with E-state index in [0.29, 0.717) is 11.5 Å². The Kier molecular flexibility index (Phi) is 6.42. The Bertz CT molecular complexity index is 626. The molecule has 1 fully saturated rings. The van der Waals surface area contributed by atoms with Crippen molar-refractivity contribution >= 4 is 0 Å². The molecular formula is C18H18F3NO. The van der Waals surface area contributed by atoms with Gasteiger partial charge in [-0.3, -0.25) is 0 Å². The van der Waals surface area contributed by atoms with E-state index in [0.717, 1.165) is 43.9 Å². The summed E-state index contributed by atoms with van der Waals surface area (Å²) in [5.41, 5.74) is 0.614. The summed E-state index contributed by atoms with van der Waals surface area (Å²) in [5, 5.41) is 8.30. The van der Waals surface area contributed by atoms with Gasteiger partial charge in [0.25, 0.3) is 0 Å². The monoisotopic (exact) mass is 321 g/mol. The molecule has 5 heteroatoms. The highest BCUT2D eigenvalue weighted by Crippen LogP contribution is 2.28. The minimum absolute atomic E-state index is 0.0964. The number of benzene rings is 1. The summed E-state index contributed by atoms with van der Waals surface area (Å²) >= 11 is 0. The van der Waals surface area contributed by atoms with Crippen LogP contribution in [0.5, 0.6) is 0 Å². The van der Waals surface area contributed by atoms with E-state index in [4.69, 9.17) is 10.00 Å². The van der Waals surface area contributed by atoms with Gasteiger partial charge in [0.05, 0.1) is 12.7 Å². The molecule has 0 N–H and O–H groups in total. The molecule has 1 aromatic carbocycles. The molecule has 0 unspecified atom stereocenters. The van der Waals surface area contributed by atoms with Crippen LogP contribution in [0.2, 0.25) is 0 Å². The molecule has 0 aromatic heterocycles. The van der Waals surface area contributed by atoms with Crippen LogP contribution in [0.3, 0.4) is 0 Å². The first-order chi connectivity index (χ1) is 11.1. The molecule has 122 valence electrons. The first kappa shape index (κ1) is 17.3. The van der Waals surface area contributed by atoms with Crippen LogP contribution in [0.1, 0.15) is 31.2 Å². The topological polar surface area (TPSA) is 33.0 Å². The fourth-order valence-corrected chi connectivity index (χ4v) is 2.63. The summed E-state index contributed by atoms with van der Waals surface area (Å²) in [6.45, 7) is 0.262. The molecule has 0 aliphatic heterocycles. The molecule has 2 rings (SSSR count). The van der Waals surface area contributed by atoms with Crippen LogP contribution in [0.25, 0.3) is 0 Å². The normalized spacial score (nSPS) is 22.3. The first-order valence-corrected chi connectivity index (χ1v) is 7.58. The predicted molar refractivity (Wildman–Crippen MR) is 80.8 cm³/mol. The molecule has 23 heavy (non-hydrogen) atoms. The maximum atomic E-state index is 13.1. The van der Waals surface area contributed by atoms with Gasteiger partial charge in [-0.15, -0.1) is 0 Å². The molecule has 1 aliphatic rings. The SMILES string of the molecule is N#C/C(F)=C/C=C/[C@H]1CC[C@H](OCc2ccc(F)c(F)c2)CC1. The number of nitriles is 1. The summed E-state index contributed by atoms with van der Waals surface area (Å²) in [7, 11) is 0. The van der Waals surface area contributed by atoms with Gasteiger partial charge in [0.1, 0.15) is 6.07 Å². The van der Waals surface area contributed by atoms with Crippen molar-refractivity contribution in [3.8, 4) is 6.07 Å². The third-order valence-electron chi connectivity index (χ3n) is 3.92. The maximum Gasteiger partial charge on any atom is 0.199 e. The zero-order chi connectivity index (χ0) is 16.7. The lowest BCUT2D eigenvalue weighted by Gasteiger charge is -2.26. The van der Waals surface area contributed by atoms with Crippen LogP contribution in [0.15, 0.2) is 42.3 Å². The van der Waals surface area contributed by atoms with Gasteiger partial charge >= 0.3 is 0 Å². The number of rotatable bonds is 5. The quantitative estimate of drug-likeness (QED) is 0.566. The van der Waals surface area contributed by atoms with Crippen molar-refractivity contribution in [3.63, 3.8) is 0 Å². The Hall–Kier alpha value is -2.06. The van der Waals surface area contributed by atoms with E-state index in [9.17, 15) is 13.2 Å². The standard InChI is InChI=1S/C18H18F3NO/c19-15(11-22)3-1-2-13-4-7-16(8-5-13)23-12-14-6-9-17(20)18(21)10-14/h1-3,6,9-10,13,16H,4-5,7-8,12H2/b2-1+,15-3-/t13-,16-. The number of ether oxygens (including phenoxy) is 1. The van der Waals surface area contributed by atoms with E-state index in [1.165, 1.54) is 12.1 Å². The van der Waals surface area contributed by atoms with Crippen molar-refractivity contribution in [3.05, 3.63) is 59.5 Å². The van der Waals surface area contributed by atoms with Gasteiger partial charge in [0.15, 0.2) is 17.5 Å². The maximum absolute atomic E-state index is 13.1. The van der Waals surface area contributed by atoms with E-state index < -0.39 is 17.5 Å². The largest absolute Gasteiger partial charge is 0.374 e. The molecule has 2 nitrogen and oxygen atoms in total. The van der Waals surface area contributed by atoms with Crippen LogP contribution in [0.4, 0.5) is 13.2 Å². The van der Waals surface area contributed by atoms with Gasteiger partial charge in [0, 0.05) is 0 Å². The predicted octanol–water partition coefficient (Wildman–Crippen LogP) is 4.97. The lowest BCUT2D eigenvalue weighted by Crippen LogP contribution is -2.20. The molecule has 0 heterocycles. The highest BCUT2D eigenvalue weighted by Gasteiger charge is 2.20. The van der Waals surface area contributed by atoms with Crippen LogP contribution in [0, 0.1) is 28.9 Å². The minimum atomic E-state index is -0.863. The molecule has 1 aliphatic carbocycles. The third-order valence-corrected chi connectivity index (χ3v) is 3.92. The van der Waals surface area contributed by atoms with Gasteiger partial charge in [0.2, 0.25) is 0 Å². The second-order valence-corrected chi connectivity index (χ2v) is 5.61. The smallest absolute Gasteiger partial charge is 0.199 e. The van der Waals surface area contributed by atoms with Gasteiger partial charge in [-0.25, -0.2) is 8.78 Å². The van der Waals surface area contributed by atoms with Crippen LogP contribution < -0.4 is 0 Å². The summed E-state index contributed by atoms with van der Waals surface area (Å²) in [5.74, 6) is -2.17. The van der Waals surface area contributed by atoms with Crippen molar-refractivity contribution < 1.29 is 17.9 Å². The molecule has 1 saturated carbocycles. The zero-order valence-electron chi connectivity index (χ0n) is 12.6. The van der Waals surface area contributed by atoms with E-state index in [1.807, 2.05) is 6.08 Å². The average molecular weight is 321 g/mol. The number of nitrogens with zero attached hydrogens (tertiary/aromatic N) is 1.